The third-order valence-electron chi connectivity index (χ3n) is 4.44. The number of benzene rings is 1. The SMILES string of the molecule is COc1ccc(/C=C/C(=O)NCC2CCN(S(C)(=O)=O)CC2)cc1OC. The molecule has 0 aliphatic carbocycles. The minimum Gasteiger partial charge on any atom is -0.493 e. The van der Waals surface area contributed by atoms with E-state index in [0.717, 1.165) is 18.4 Å². The Morgan fingerprint density at radius 2 is 1.88 bits per heavy atom. The number of carbonyl (C=O) groups is 1. The number of hydrogen-bond acceptors (Lipinski definition) is 5. The van der Waals surface area contributed by atoms with Gasteiger partial charge in [0.05, 0.1) is 20.5 Å². The minimum absolute atomic E-state index is 0.176. The molecule has 26 heavy (non-hydrogen) atoms. The van der Waals surface area contributed by atoms with Crippen LogP contribution in [-0.2, 0) is 14.8 Å². The standard InChI is InChI=1S/C18H26N2O5S/c1-24-16-6-4-14(12-17(16)25-2)5-7-18(21)19-13-15-8-10-20(11-9-15)26(3,22)23/h4-7,12,15H,8-11,13H2,1-3H3,(H,19,21)/b7-5+. The molecule has 1 fully saturated rings. The molecule has 1 aromatic carbocycles. The molecule has 0 saturated carbocycles. The van der Waals surface area contributed by atoms with Crippen LogP contribution in [0.25, 0.3) is 6.08 Å². The molecule has 1 amide bonds. The summed E-state index contributed by atoms with van der Waals surface area (Å²) >= 11 is 0. The van der Waals surface area contributed by atoms with Crippen molar-refractivity contribution in [1.29, 1.82) is 0 Å². The lowest BCUT2D eigenvalue weighted by Crippen LogP contribution is -2.40. The smallest absolute Gasteiger partial charge is 0.244 e. The van der Waals surface area contributed by atoms with Crippen LogP contribution in [0.1, 0.15) is 18.4 Å². The Labute approximate surface area is 155 Å². The van der Waals surface area contributed by atoms with Gasteiger partial charge in [0.1, 0.15) is 0 Å². The van der Waals surface area contributed by atoms with E-state index in [4.69, 9.17) is 9.47 Å². The fourth-order valence-electron chi connectivity index (χ4n) is 2.88. The van der Waals surface area contributed by atoms with Crippen molar-refractivity contribution in [3.05, 3.63) is 29.8 Å². The Kier molecular flexibility index (Phi) is 7.05. The highest BCUT2D eigenvalue weighted by molar-refractivity contribution is 7.88. The highest BCUT2D eigenvalue weighted by Crippen LogP contribution is 2.27. The van der Waals surface area contributed by atoms with Crippen molar-refractivity contribution < 1.29 is 22.7 Å². The zero-order valence-corrected chi connectivity index (χ0v) is 16.2. The predicted octanol–water partition coefficient (Wildman–Crippen LogP) is 1.50. The van der Waals surface area contributed by atoms with Crippen LogP contribution in [0.4, 0.5) is 0 Å². The minimum atomic E-state index is -3.12. The second kappa shape index (κ2) is 9.05. The molecule has 0 bridgehead atoms. The Balaban J connectivity index is 1.81. The normalized spacial score (nSPS) is 16.6. The molecule has 0 atom stereocenters. The van der Waals surface area contributed by atoms with E-state index < -0.39 is 10.0 Å². The number of piperidine rings is 1. The van der Waals surface area contributed by atoms with Crippen molar-refractivity contribution in [2.24, 2.45) is 5.92 Å². The Hall–Kier alpha value is -2.06. The summed E-state index contributed by atoms with van der Waals surface area (Å²) < 4.78 is 34.9. The summed E-state index contributed by atoms with van der Waals surface area (Å²) in [6.45, 7) is 1.58. The van der Waals surface area contributed by atoms with E-state index in [1.165, 1.54) is 16.6 Å². The van der Waals surface area contributed by atoms with E-state index in [9.17, 15) is 13.2 Å². The van der Waals surface area contributed by atoms with Crippen LogP contribution in [0.15, 0.2) is 24.3 Å². The van der Waals surface area contributed by atoms with Gasteiger partial charge in [0.15, 0.2) is 11.5 Å². The van der Waals surface area contributed by atoms with Gasteiger partial charge in [-0.3, -0.25) is 4.79 Å². The van der Waals surface area contributed by atoms with Crippen molar-refractivity contribution in [1.82, 2.24) is 9.62 Å². The third kappa shape index (κ3) is 5.74. The molecule has 0 aromatic heterocycles. The molecule has 0 spiro atoms. The number of rotatable bonds is 7. The number of ether oxygens (including phenoxy) is 2. The Morgan fingerprint density at radius 1 is 1.23 bits per heavy atom. The van der Waals surface area contributed by atoms with Crippen LogP contribution in [0.3, 0.4) is 0 Å². The number of sulfonamides is 1. The Morgan fingerprint density at radius 3 is 2.46 bits per heavy atom. The first-order valence-electron chi connectivity index (χ1n) is 8.46. The van der Waals surface area contributed by atoms with Crippen molar-refractivity contribution in [3.63, 3.8) is 0 Å². The topological polar surface area (TPSA) is 84.9 Å². The highest BCUT2D eigenvalue weighted by atomic mass is 32.2. The van der Waals surface area contributed by atoms with Crippen LogP contribution in [0.5, 0.6) is 11.5 Å². The van der Waals surface area contributed by atoms with Crippen LogP contribution in [0, 0.1) is 5.92 Å². The number of nitrogens with one attached hydrogen (secondary N) is 1. The second-order valence-electron chi connectivity index (χ2n) is 6.30. The second-order valence-corrected chi connectivity index (χ2v) is 8.28. The monoisotopic (exact) mass is 382 g/mol. The van der Waals surface area contributed by atoms with Gasteiger partial charge in [0, 0.05) is 25.7 Å². The van der Waals surface area contributed by atoms with E-state index in [-0.39, 0.29) is 5.91 Å². The molecular weight excluding hydrogens is 356 g/mol. The summed E-state index contributed by atoms with van der Waals surface area (Å²) in [4.78, 5) is 12.0. The van der Waals surface area contributed by atoms with Gasteiger partial charge in [-0.15, -0.1) is 0 Å². The fraction of sp³-hybridized carbons (Fsp3) is 0.500. The number of methoxy groups -OCH3 is 2. The van der Waals surface area contributed by atoms with Crippen LogP contribution < -0.4 is 14.8 Å². The van der Waals surface area contributed by atoms with Crippen LogP contribution in [0.2, 0.25) is 0 Å². The molecular formula is C18H26N2O5S. The number of hydrogen-bond donors (Lipinski definition) is 1. The molecule has 7 nitrogen and oxygen atoms in total. The number of amides is 1. The van der Waals surface area contributed by atoms with E-state index in [0.29, 0.717) is 37.1 Å². The van der Waals surface area contributed by atoms with Crippen molar-refractivity contribution >= 4 is 22.0 Å². The van der Waals surface area contributed by atoms with Gasteiger partial charge in [-0.2, -0.15) is 0 Å². The fourth-order valence-corrected chi connectivity index (χ4v) is 3.75. The summed E-state index contributed by atoms with van der Waals surface area (Å²) in [5, 5.41) is 2.88. The first-order valence-corrected chi connectivity index (χ1v) is 10.3. The van der Waals surface area contributed by atoms with E-state index >= 15 is 0 Å². The summed E-state index contributed by atoms with van der Waals surface area (Å²) in [5.41, 5.74) is 0.833. The lowest BCUT2D eigenvalue weighted by molar-refractivity contribution is -0.116. The molecule has 1 aliphatic heterocycles. The summed E-state index contributed by atoms with van der Waals surface area (Å²) in [7, 11) is 0.0182. The molecule has 1 aliphatic rings. The van der Waals surface area contributed by atoms with Gasteiger partial charge in [-0.25, -0.2) is 12.7 Å². The largest absolute Gasteiger partial charge is 0.493 e. The van der Waals surface area contributed by atoms with Gasteiger partial charge in [-0.05, 0) is 42.5 Å². The molecule has 1 heterocycles. The van der Waals surface area contributed by atoms with Crippen molar-refractivity contribution in [3.8, 4) is 11.5 Å². The molecule has 144 valence electrons. The maximum Gasteiger partial charge on any atom is 0.244 e. The quantitative estimate of drug-likeness (QED) is 0.723. The lowest BCUT2D eigenvalue weighted by atomic mass is 9.98. The van der Waals surface area contributed by atoms with Gasteiger partial charge in [-0.1, -0.05) is 6.07 Å². The molecule has 1 aromatic rings. The van der Waals surface area contributed by atoms with Gasteiger partial charge in [0.2, 0.25) is 15.9 Å². The maximum absolute atomic E-state index is 12.0. The highest BCUT2D eigenvalue weighted by Gasteiger charge is 2.24. The maximum atomic E-state index is 12.0. The average Bonchev–Trinajstić information content (AvgIpc) is 2.64. The summed E-state index contributed by atoms with van der Waals surface area (Å²) in [6, 6.07) is 5.42. The third-order valence-corrected chi connectivity index (χ3v) is 5.75. The van der Waals surface area contributed by atoms with E-state index in [1.807, 2.05) is 6.07 Å². The molecule has 2 rings (SSSR count). The van der Waals surface area contributed by atoms with Gasteiger partial charge in [0.25, 0.3) is 0 Å². The molecule has 0 unspecified atom stereocenters. The summed E-state index contributed by atoms with van der Waals surface area (Å²) in [5.74, 6) is 1.36. The number of carbonyl (C=O) groups excluding carboxylic acids is 1. The molecule has 8 heteroatoms. The zero-order valence-electron chi connectivity index (χ0n) is 15.4. The summed E-state index contributed by atoms with van der Waals surface area (Å²) in [6.07, 6.45) is 5.93. The first kappa shape index (κ1) is 20.3. The van der Waals surface area contributed by atoms with Crippen LogP contribution >= 0.6 is 0 Å². The van der Waals surface area contributed by atoms with Gasteiger partial charge >= 0.3 is 0 Å². The van der Waals surface area contributed by atoms with Crippen molar-refractivity contribution in [2.75, 3.05) is 40.1 Å². The number of nitrogens with zero attached hydrogens (tertiary/aromatic N) is 1. The Bertz CT molecular complexity index is 753. The first-order chi connectivity index (χ1) is 12.3. The lowest BCUT2D eigenvalue weighted by Gasteiger charge is -2.30. The van der Waals surface area contributed by atoms with Crippen LogP contribution in [-0.4, -0.2) is 58.7 Å². The van der Waals surface area contributed by atoms with E-state index in [1.54, 1.807) is 32.4 Å². The average molecular weight is 382 g/mol. The molecule has 0 radical (unpaired) electrons. The molecule has 1 N–H and O–H groups in total. The van der Waals surface area contributed by atoms with E-state index in [2.05, 4.69) is 5.32 Å². The van der Waals surface area contributed by atoms with Crippen molar-refractivity contribution in [2.45, 2.75) is 12.8 Å². The predicted molar refractivity (Wildman–Crippen MR) is 101 cm³/mol. The zero-order chi connectivity index (χ0) is 19.2. The molecule has 1 saturated heterocycles. The van der Waals surface area contributed by atoms with Gasteiger partial charge < -0.3 is 14.8 Å².